The van der Waals surface area contributed by atoms with E-state index in [0.717, 1.165) is 6.54 Å². The summed E-state index contributed by atoms with van der Waals surface area (Å²) < 4.78 is 0. The molecule has 0 unspecified atom stereocenters. The van der Waals surface area contributed by atoms with Gasteiger partial charge in [0, 0.05) is 23.0 Å². The average molecular weight is 306 g/mol. The quantitative estimate of drug-likeness (QED) is 0.744. The van der Waals surface area contributed by atoms with Crippen molar-refractivity contribution in [3.8, 4) is 0 Å². The zero-order valence-corrected chi connectivity index (χ0v) is 12.7. The molecule has 1 saturated carbocycles. The van der Waals surface area contributed by atoms with Gasteiger partial charge in [-0.2, -0.15) is 0 Å². The Morgan fingerprint density at radius 2 is 2.05 bits per heavy atom. The first-order valence-corrected chi connectivity index (χ1v) is 8.04. The fraction of sp³-hybridized carbons (Fsp3) is 0.312. The monoisotopic (exact) mass is 305 g/mol. The standard InChI is InChI=1S/C16H16ClNOS/c17-15-6-2-1-5-14(15)16(19)11-18(12-7-8-12)10-13-4-3-9-20-13/h1-6,9,12H,7-8,10-11H2. The van der Waals surface area contributed by atoms with Crippen molar-refractivity contribution in [2.75, 3.05) is 6.54 Å². The Labute approximate surface area is 128 Å². The lowest BCUT2D eigenvalue weighted by Crippen LogP contribution is -2.31. The van der Waals surface area contributed by atoms with E-state index < -0.39 is 0 Å². The molecule has 0 aliphatic heterocycles. The maximum Gasteiger partial charge on any atom is 0.178 e. The van der Waals surface area contributed by atoms with Gasteiger partial charge in [-0.25, -0.2) is 0 Å². The van der Waals surface area contributed by atoms with Gasteiger partial charge in [0.2, 0.25) is 0 Å². The maximum absolute atomic E-state index is 12.4. The van der Waals surface area contributed by atoms with Crippen molar-refractivity contribution in [3.63, 3.8) is 0 Å². The van der Waals surface area contributed by atoms with E-state index in [2.05, 4.69) is 22.4 Å². The molecule has 2 nitrogen and oxygen atoms in total. The van der Waals surface area contributed by atoms with Gasteiger partial charge in [-0.1, -0.05) is 29.8 Å². The van der Waals surface area contributed by atoms with Gasteiger partial charge in [-0.05, 0) is 36.4 Å². The van der Waals surface area contributed by atoms with Crippen LogP contribution in [-0.2, 0) is 6.54 Å². The van der Waals surface area contributed by atoms with Crippen molar-refractivity contribution in [1.82, 2.24) is 4.90 Å². The molecular weight excluding hydrogens is 290 g/mol. The largest absolute Gasteiger partial charge is 0.293 e. The van der Waals surface area contributed by atoms with Crippen LogP contribution in [0.2, 0.25) is 5.02 Å². The molecule has 1 aromatic heterocycles. The number of Topliss-reactive ketones (excluding diaryl/α,β-unsaturated/α-hetero) is 1. The van der Waals surface area contributed by atoms with E-state index in [4.69, 9.17) is 11.6 Å². The minimum atomic E-state index is 0.110. The Balaban J connectivity index is 1.70. The average Bonchev–Trinajstić information content (AvgIpc) is 3.17. The molecule has 0 N–H and O–H groups in total. The van der Waals surface area contributed by atoms with Crippen LogP contribution in [-0.4, -0.2) is 23.3 Å². The molecule has 1 fully saturated rings. The molecule has 4 heteroatoms. The molecule has 0 saturated heterocycles. The van der Waals surface area contributed by atoms with Gasteiger partial charge in [-0.15, -0.1) is 11.3 Å². The fourth-order valence-electron chi connectivity index (χ4n) is 2.31. The Kier molecular flexibility index (Phi) is 4.20. The summed E-state index contributed by atoms with van der Waals surface area (Å²) in [6.07, 6.45) is 2.39. The zero-order valence-electron chi connectivity index (χ0n) is 11.1. The summed E-state index contributed by atoms with van der Waals surface area (Å²) in [6.45, 7) is 1.31. The Morgan fingerprint density at radius 3 is 2.70 bits per heavy atom. The normalized spacial score (nSPS) is 14.7. The predicted molar refractivity (Wildman–Crippen MR) is 83.5 cm³/mol. The van der Waals surface area contributed by atoms with Crippen molar-refractivity contribution < 1.29 is 4.79 Å². The van der Waals surface area contributed by atoms with Gasteiger partial charge >= 0.3 is 0 Å². The van der Waals surface area contributed by atoms with Crippen LogP contribution in [0.25, 0.3) is 0 Å². The molecule has 0 bridgehead atoms. The Bertz CT molecular complexity index is 592. The van der Waals surface area contributed by atoms with E-state index in [1.807, 2.05) is 12.1 Å². The first-order chi connectivity index (χ1) is 9.74. The van der Waals surface area contributed by atoms with E-state index >= 15 is 0 Å². The molecule has 1 heterocycles. The van der Waals surface area contributed by atoms with E-state index in [9.17, 15) is 4.79 Å². The molecule has 0 radical (unpaired) electrons. The molecule has 2 aromatic rings. The van der Waals surface area contributed by atoms with Crippen LogP contribution >= 0.6 is 22.9 Å². The third kappa shape index (κ3) is 3.29. The highest BCUT2D eigenvalue weighted by Gasteiger charge is 2.30. The van der Waals surface area contributed by atoms with Crippen LogP contribution < -0.4 is 0 Å². The van der Waals surface area contributed by atoms with Gasteiger partial charge in [-0.3, -0.25) is 9.69 Å². The lowest BCUT2D eigenvalue weighted by Gasteiger charge is -2.20. The first-order valence-electron chi connectivity index (χ1n) is 6.78. The van der Waals surface area contributed by atoms with Crippen molar-refractivity contribution >= 4 is 28.7 Å². The number of rotatable bonds is 6. The summed E-state index contributed by atoms with van der Waals surface area (Å²) in [4.78, 5) is 16.0. The SMILES string of the molecule is O=C(CN(Cc1cccs1)C1CC1)c1ccccc1Cl. The summed E-state index contributed by atoms with van der Waals surface area (Å²) in [6, 6.07) is 12.0. The molecule has 3 rings (SSSR count). The smallest absolute Gasteiger partial charge is 0.178 e. The highest BCUT2D eigenvalue weighted by molar-refractivity contribution is 7.09. The highest BCUT2D eigenvalue weighted by Crippen LogP contribution is 2.29. The number of hydrogen-bond acceptors (Lipinski definition) is 3. The second-order valence-electron chi connectivity index (χ2n) is 5.12. The number of carbonyl (C=O) groups is 1. The van der Waals surface area contributed by atoms with E-state index in [-0.39, 0.29) is 5.78 Å². The van der Waals surface area contributed by atoms with Crippen LogP contribution in [0.5, 0.6) is 0 Å². The topological polar surface area (TPSA) is 20.3 Å². The summed E-state index contributed by atoms with van der Waals surface area (Å²) >= 11 is 7.85. The van der Waals surface area contributed by atoms with Crippen molar-refractivity contribution in [1.29, 1.82) is 0 Å². The Morgan fingerprint density at radius 1 is 1.25 bits per heavy atom. The van der Waals surface area contributed by atoms with Gasteiger partial charge in [0.05, 0.1) is 11.6 Å². The van der Waals surface area contributed by atoms with E-state index in [0.29, 0.717) is 23.2 Å². The number of thiophene rings is 1. The molecule has 1 aliphatic carbocycles. The fourth-order valence-corrected chi connectivity index (χ4v) is 3.28. The van der Waals surface area contributed by atoms with Crippen LogP contribution in [0.3, 0.4) is 0 Å². The minimum absolute atomic E-state index is 0.110. The number of nitrogens with zero attached hydrogens (tertiary/aromatic N) is 1. The van der Waals surface area contributed by atoms with Crippen molar-refractivity contribution in [3.05, 3.63) is 57.2 Å². The maximum atomic E-state index is 12.4. The predicted octanol–water partition coefficient (Wildman–Crippen LogP) is 4.25. The molecule has 0 amide bonds. The number of carbonyl (C=O) groups excluding carboxylic acids is 1. The summed E-state index contributed by atoms with van der Waals surface area (Å²) in [5, 5.41) is 2.63. The third-order valence-electron chi connectivity index (χ3n) is 3.52. The Hall–Kier alpha value is -1.16. The number of ketones is 1. The van der Waals surface area contributed by atoms with E-state index in [1.54, 1.807) is 23.5 Å². The van der Waals surface area contributed by atoms with Crippen LogP contribution in [0, 0.1) is 0 Å². The van der Waals surface area contributed by atoms with Gasteiger partial charge < -0.3 is 0 Å². The summed E-state index contributed by atoms with van der Waals surface area (Å²) in [7, 11) is 0. The highest BCUT2D eigenvalue weighted by atomic mass is 35.5. The number of halogens is 1. The van der Waals surface area contributed by atoms with Crippen molar-refractivity contribution in [2.45, 2.75) is 25.4 Å². The van der Waals surface area contributed by atoms with Crippen molar-refractivity contribution in [2.24, 2.45) is 0 Å². The van der Waals surface area contributed by atoms with Crippen LogP contribution in [0.1, 0.15) is 28.1 Å². The lowest BCUT2D eigenvalue weighted by molar-refractivity contribution is 0.0920. The van der Waals surface area contributed by atoms with Crippen LogP contribution in [0.15, 0.2) is 41.8 Å². The third-order valence-corrected chi connectivity index (χ3v) is 4.71. The molecule has 20 heavy (non-hydrogen) atoms. The molecule has 0 spiro atoms. The second-order valence-corrected chi connectivity index (χ2v) is 6.56. The number of hydrogen-bond donors (Lipinski definition) is 0. The molecular formula is C16H16ClNOS. The van der Waals surface area contributed by atoms with Gasteiger partial charge in [0.15, 0.2) is 5.78 Å². The summed E-state index contributed by atoms with van der Waals surface area (Å²) in [5.74, 6) is 0.110. The van der Waals surface area contributed by atoms with E-state index in [1.165, 1.54) is 17.7 Å². The zero-order chi connectivity index (χ0) is 13.9. The molecule has 1 aliphatic rings. The van der Waals surface area contributed by atoms with Gasteiger partial charge in [0.25, 0.3) is 0 Å². The molecule has 0 atom stereocenters. The molecule has 1 aromatic carbocycles. The first kappa shape index (κ1) is 13.8. The second kappa shape index (κ2) is 6.08. The number of benzene rings is 1. The van der Waals surface area contributed by atoms with Crippen LogP contribution in [0.4, 0.5) is 0 Å². The minimum Gasteiger partial charge on any atom is -0.293 e. The summed E-state index contributed by atoms with van der Waals surface area (Å²) in [5.41, 5.74) is 0.631. The lowest BCUT2D eigenvalue weighted by atomic mass is 10.1. The molecule has 104 valence electrons. The van der Waals surface area contributed by atoms with Gasteiger partial charge in [0.1, 0.15) is 0 Å².